The molecule has 0 saturated heterocycles. The van der Waals surface area contributed by atoms with Gasteiger partial charge in [-0.25, -0.2) is 9.97 Å². The number of rotatable bonds is 7. The quantitative estimate of drug-likeness (QED) is 0.454. The van der Waals surface area contributed by atoms with Crippen molar-refractivity contribution in [2.24, 2.45) is 5.92 Å². The molecule has 1 amide bonds. The van der Waals surface area contributed by atoms with E-state index in [9.17, 15) is 4.79 Å². The summed E-state index contributed by atoms with van der Waals surface area (Å²) >= 11 is 3.50. The third-order valence-electron chi connectivity index (χ3n) is 5.20. The SMILES string of the molecule is C[C@H]1CCc2c(sc3ncnc(SCCC(=O)NCCc4ccccc4)c23)C1. The Morgan fingerprint density at radius 3 is 3.00 bits per heavy atom. The molecule has 28 heavy (non-hydrogen) atoms. The first-order valence-corrected chi connectivity index (χ1v) is 11.7. The van der Waals surface area contributed by atoms with Gasteiger partial charge in [-0.15, -0.1) is 23.1 Å². The number of carbonyl (C=O) groups is 1. The molecule has 1 atom stereocenters. The van der Waals surface area contributed by atoms with E-state index in [1.807, 2.05) is 29.5 Å². The van der Waals surface area contributed by atoms with Crippen molar-refractivity contribution in [2.45, 2.75) is 44.1 Å². The number of nitrogens with one attached hydrogen (secondary N) is 1. The molecule has 1 N–H and O–H groups in total. The molecule has 0 spiro atoms. The molecule has 4 rings (SSSR count). The third kappa shape index (κ3) is 4.55. The van der Waals surface area contributed by atoms with Crippen LogP contribution in [0.15, 0.2) is 41.7 Å². The predicted molar refractivity (Wildman–Crippen MR) is 117 cm³/mol. The van der Waals surface area contributed by atoms with Gasteiger partial charge in [0.05, 0.1) is 0 Å². The summed E-state index contributed by atoms with van der Waals surface area (Å²) in [6.45, 7) is 3.01. The smallest absolute Gasteiger partial charge is 0.220 e. The minimum absolute atomic E-state index is 0.106. The lowest BCUT2D eigenvalue weighted by Crippen LogP contribution is -2.25. The molecule has 0 bridgehead atoms. The van der Waals surface area contributed by atoms with E-state index in [0.29, 0.717) is 13.0 Å². The number of thioether (sulfide) groups is 1. The van der Waals surface area contributed by atoms with E-state index in [-0.39, 0.29) is 5.91 Å². The number of hydrogen-bond acceptors (Lipinski definition) is 5. The van der Waals surface area contributed by atoms with E-state index in [4.69, 9.17) is 0 Å². The molecule has 1 aliphatic rings. The molecule has 0 saturated carbocycles. The Labute approximate surface area is 174 Å². The molecular weight excluding hydrogens is 386 g/mol. The van der Waals surface area contributed by atoms with Crippen LogP contribution in [0, 0.1) is 5.92 Å². The minimum atomic E-state index is 0.106. The highest BCUT2D eigenvalue weighted by Crippen LogP contribution is 2.40. The monoisotopic (exact) mass is 411 g/mol. The van der Waals surface area contributed by atoms with Crippen LogP contribution in [0.4, 0.5) is 0 Å². The Kier molecular flexibility index (Phi) is 6.27. The molecular formula is C22H25N3OS2. The molecule has 1 aliphatic carbocycles. The number of thiophene rings is 1. The van der Waals surface area contributed by atoms with Crippen LogP contribution in [0.25, 0.3) is 10.2 Å². The highest BCUT2D eigenvalue weighted by Gasteiger charge is 2.23. The van der Waals surface area contributed by atoms with Crippen LogP contribution in [0.1, 0.15) is 35.8 Å². The van der Waals surface area contributed by atoms with Crippen LogP contribution >= 0.6 is 23.1 Å². The van der Waals surface area contributed by atoms with E-state index >= 15 is 0 Å². The second-order valence-corrected chi connectivity index (χ2v) is 9.56. The average molecular weight is 412 g/mol. The molecule has 0 fully saturated rings. The lowest BCUT2D eigenvalue weighted by molar-refractivity contribution is -0.120. The van der Waals surface area contributed by atoms with Crippen molar-refractivity contribution in [2.75, 3.05) is 12.3 Å². The van der Waals surface area contributed by atoms with Gasteiger partial charge in [-0.3, -0.25) is 4.79 Å². The first kappa shape index (κ1) is 19.4. The van der Waals surface area contributed by atoms with Gasteiger partial charge in [0.25, 0.3) is 0 Å². The topological polar surface area (TPSA) is 54.9 Å². The lowest BCUT2D eigenvalue weighted by Gasteiger charge is -2.18. The fraction of sp³-hybridized carbons (Fsp3) is 0.409. The fourth-order valence-corrected chi connectivity index (χ4v) is 6.06. The summed E-state index contributed by atoms with van der Waals surface area (Å²) < 4.78 is 0. The normalized spacial score (nSPS) is 16.1. The van der Waals surface area contributed by atoms with Crippen molar-refractivity contribution in [3.8, 4) is 0 Å². The minimum Gasteiger partial charge on any atom is -0.356 e. The second kappa shape index (κ2) is 9.05. The highest BCUT2D eigenvalue weighted by molar-refractivity contribution is 7.99. The summed E-state index contributed by atoms with van der Waals surface area (Å²) in [5.74, 6) is 1.60. The zero-order valence-electron chi connectivity index (χ0n) is 16.1. The van der Waals surface area contributed by atoms with E-state index in [2.05, 4.69) is 34.3 Å². The van der Waals surface area contributed by atoms with Crippen molar-refractivity contribution in [1.29, 1.82) is 0 Å². The summed E-state index contributed by atoms with van der Waals surface area (Å²) in [5.41, 5.74) is 2.70. The van der Waals surface area contributed by atoms with Crippen molar-refractivity contribution in [3.05, 3.63) is 52.7 Å². The van der Waals surface area contributed by atoms with Crippen molar-refractivity contribution in [1.82, 2.24) is 15.3 Å². The summed E-state index contributed by atoms with van der Waals surface area (Å²) in [6.07, 6.45) is 6.55. The summed E-state index contributed by atoms with van der Waals surface area (Å²) in [7, 11) is 0. The van der Waals surface area contributed by atoms with Gasteiger partial charge in [0.1, 0.15) is 16.2 Å². The van der Waals surface area contributed by atoms with Crippen LogP contribution in [-0.2, 0) is 24.1 Å². The number of aromatic nitrogens is 2. The number of benzene rings is 1. The number of aryl methyl sites for hydroxylation is 1. The predicted octanol–water partition coefficient (Wildman–Crippen LogP) is 4.66. The van der Waals surface area contributed by atoms with Crippen LogP contribution in [-0.4, -0.2) is 28.2 Å². The van der Waals surface area contributed by atoms with E-state index in [0.717, 1.165) is 40.8 Å². The molecule has 0 aliphatic heterocycles. The van der Waals surface area contributed by atoms with E-state index < -0.39 is 0 Å². The number of carbonyl (C=O) groups excluding carboxylic acids is 1. The first-order chi connectivity index (χ1) is 13.7. The molecule has 2 aromatic heterocycles. The van der Waals surface area contributed by atoms with Gasteiger partial charge in [0, 0.05) is 29.0 Å². The van der Waals surface area contributed by atoms with Gasteiger partial charge in [0.15, 0.2) is 0 Å². The molecule has 1 aromatic carbocycles. The zero-order valence-corrected chi connectivity index (χ0v) is 17.7. The number of fused-ring (bicyclic) bond motifs is 3. The van der Waals surface area contributed by atoms with Crippen LogP contribution in [0.2, 0.25) is 0 Å². The Morgan fingerprint density at radius 2 is 2.14 bits per heavy atom. The van der Waals surface area contributed by atoms with Gasteiger partial charge in [-0.2, -0.15) is 0 Å². The molecule has 4 nitrogen and oxygen atoms in total. The number of nitrogens with zero attached hydrogens (tertiary/aromatic N) is 2. The maximum absolute atomic E-state index is 12.2. The third-order valence-corrected chi connectivity index (χ3v) is 7.36. The van der Waals surface area contributed by atoms with Crippen molar-refractivity contribution >= 4 is 39.2 Å². The van der Waals surface area contributed by atoms with Gasteiger partial charge in [0.2, 0.25) is 5.91 Å². The Morgan fingerprint density at radius 1 is 1.29 bits per heavy atom. The molecule has 146 valence electrons. The second-order valence-electron chi connectivity index (χ2n) is 7.39. The van der Waals surface area contributed by atoms with E-state index in [1.54, 1.807) is 18.1 Å². The highest BCUT2D eigenvalue weighted by atomic mass is 32.2. The summed E-state index contributed by atoms with van der Waals surface area (Å²) in [5, 5.41) is 5.30. The Balaban J connectivity index is 1.31. The lowest BCUT2D eigenvalue weighted by atomic mass is 9.89. The van der Waals surface area contributed by atoms with Gasteiger partial charge in [-0.05, 0) is 42.7 Å². The largest absolute Gasteiger partial charge is 0.356 e. The van der Waals surface area contributed by atoms with Crippen molar-refractivity contribution < 1.29 is 4.79 Å². The molecule has 6 heteroatoms. The number of hydrogen-bond donors (Lipinski definition) is 1. The first-order valence-electron chi connectivity index (χ1n) is 9.89. The van der Waals surface area contributed by atoms with Crippen LogP contribution in [0.5, 0.6) is 0 Å². The Bertz CT molecular complexity index is 955. The molecule has 0 unspecified atom stereocenters. The summed E-state index contributed by atoms with van der Waals surface area (Å²) in [4.78, 5) is 23.8. The van der Waals surface area contributed by atoms with E-state index in [1.165, 1.54) is 27.8 Å². The molecule has 3 aromatic rings. The van der Waals surface area contributed by atoms with Crippen LogP contribution in [0.3, 0.4) is 0 Å². The maximum atomic E-state index is 12.2. The molecule has 0 radical (unpaired) electrons. The van der Waals surface area contributed by atoms with Gasteiger partial charge < -0.3 is 5.32 Å². The van der Waals surface area contributed by atoms with Crippen LogP contribution < -0.4 is 5.32 Å². The number of amides is 1. The molecule has 2 heterocycles. The van der Waals surface area contributed by atoms with Gasteiger partial charge >= 0.3 is 0 Å². The standard InChI is InChI=1S/C22H25N3OS2/c1-15-7-8-17-18(13-15)28-22-20(17)21(24-14-25-22)27-12-10-19(26)23-11-9-16-5-3-2-4-6-16/h2-6,14-15H,7-13H2,1H3,(H,23,26)/t15-/m0/s1. The van der Waals surface area contributed by atoms with Crippen molar-refractivity contribution in [3.63, 3.8) is 0 Å². The summed E-state index contributed by atoms with van der Waals surface area (Å²) in [6, 6.07) is 10.2. The zero-order chi connectivity index (χ0) is 19.3. The van der Waals surface area contributed by atoms with Gasteiger partial charge in [-0.1, -0.05) is 37.3 Å². The maximum Gasteiger partial charge on any atom is 0.220 e. The fourth-order valence-electron chi connectivity index (χ4n) is 3.68. The Hall–Kier alpha value is -1.92. The average Bonchev–Trinajstić information content (AvgIpc) is 3.07.